The molecule has 49 heavy (non-hydrogen) atoms. The van der Waals surface area contributed by atoms with Crippen LogP contribution in [0.3, 0.4) is 0 Å². The standard InChI is InChI=1S/C38H64N4O7/c1-27(2)20-22-40-34(45)19-13-8-14-21-39-35(46)25-32(43)30(23-28-15-9-6-10-16-28)41-36(47)26-33(44)31(24-29-17-11-7-12-18-29)42-37(48)49-38(3,4)5/h7,11-12,17-18,27-28,30-33,43-44H,6,8-10,13-16,19-26H2,1-5H3,(H,39,46)(H,40,45)(H,41,47)(H,42,48)/t30-,31-,32-,33-/m0/s1. The maximum Gasteiger partial charge on any atom is 0.407 e. The van der Waals surface area contributed by atoms with E-state index in [1.807, 2.05) is 30.3 Å². The van der Waals surface area contributed by atoms with Gasteiger partial charge in [-0.05, 0) is 70.3 Å². The van der Waals surface area contributed by atoms with E-state index in [4.69, 9.17) is 4.74 Å². The number of hydrogen-bond donors (Lipinski definition) is 6. The lowest BCUT2D eigenvalue weighted by atomic mass is 9.83. The minimum Gasteiger partial charge on any atom is -0.444 e. The van der Waals surface area contributed by atoms with Crippen LogP contribution in [0.1, 0.15) is 124 Å². The molecular formula is C38H64N4O7. The molecule has 1 aromatic carbocycles. The number of alkyl carbamates (subject to hydrolysis) is 1. The minimum atomic E-state index is -1.23. The second kappa shape index (κ2) is 22.5. The summed E-state index contributed by atoms with van der Waals surface area (Å²) in [6.45, 7) is 10.6. The van der Waals surface area contributed by atoms with Crippen LogP contribution in [0.15, 0.2) is 30.3 Å². The number of benzene rings is 1. The van der Waals surface area contributed by atoms with Gasteiger partial charge in [-0.3, -0.25) is 14.4 Å². The van der Waals surface area contributed by atoms with Gasteiger partial charge in [-0.1, -0.05) is 82.7 Å². The van der Waals surface area contributed by atoms with Crippen LogP contribution >= 0.6 is 0 Å². The molecular weight excluding hydrogens is 624 g/mol. The topological polar surface area (TPSA) is 166 Å². The summed E-state index contributed by atoms with van der Waals surface area (Å²) in [5.74, 6) is 0.157. The van der Waals surface area contributed by atoms with Gasteiger partial charge in [0.15, 0.2) is 0 Å². The number of nitrogens with one attached hydrogen (secondary N) is 4. The first-order valence-electron chi connectivity index (χ1n) is 18.4. The summed E-state index contributed by atoms with van der Waals surface area (Å²) >= 11 is 0. The van der Waals surface area contributed by atoms with Gasteiger partial charge in [0.05, 0.1) is 37.1 Å². The van der Waals surface area contributed by atoms with Gasteiger partial charge in [-0.2, -0.15) is 0 Å². The van der Waals surface area contributed by atoms with Gasteiger partial charge < -0.3 is 36.2 Å². The maximum absolute atomic E-state index is 13.3. The van der Waals surface area contributed by atoms with Crippen LogP contribution in [0.25, 0.3) is 0 Å². The number of carbonyl (C=O) groups is 4. The van der Waals surface area contributed by atoms with Crippen molar-refractivity contribution in [2.45, 2.75) is 154 Å². The maximum atomic E-state index is 13.3. The van der Waals surface area contributed by atoms with Crippen molar-refractivity contribution < 1.29 is 34.1 Å². The lowest BCUT2D eigenvalue weighted by Gasteiger charge is -2.31. The fourth-order valence-electron chi connectivity index (χ4n) is 6.11. The van der Waals surface area contributed by atoms with Gasteiger partial charge in [-0.15, -0.1) is 0 Å². The van der Waals surface area contributed by atoms with Crippen molar-refractivity contribution in [1.82, 2.24) is 21.3 Å². The molecule has 4 atom stereocenters. The molecule has 0 heterocycles. The van der Waals surface area contributed by atoms with Crippen LogP contribution < -0.4 is 21.3 Å². The molecule has 6 N–H and O–H groups in total. The van der Waals surface area contributed by atoms with Gasteiger partial charge in [-0.25, -0.2) is 4.79 Å². The Bertz CT molecular complexity index is 1120. The molecule has 0 unspecified atom stereocenters. The third kappa shape index (κ3) is 19.6. The van der Waals surface area contributed by atoms with Crippen LogP contribution in [0.5, 0.6) is 0 Å². The number of rotatable bonds is 21. The lowest BCUT2D eigenvalue weighted by Crippen LogP contribution is -2.50. The molecule has 11 heteroatoms. The van der Waals surface area contributed by atoms with E-state index in [1.54, 1.807) is 20.8 Å². The molecule has 1 saturated carbocycles. The quantitative estimate of drug-likeness (QED) is 0.0998. The van der Waals surface area contributed by atoms with E-state index in [0.717, 1.165) is 56.9 Å². The second-order valence-corrected chi connectivity index (χ2v) is 15.1. The zero-order chi connectivity index (χ0) is 36.2. The fourth-order valence-corrected chi connectivity index (χ4v) is 6.11. The molecule has 1 aliphatic rings. The van der Waals surface area contributed by atoms with Crippen molar-refractivity contribution in [2.24, 2.45) is 11.8 Å². The number of aliphatic hydroxyl groups is 2. The third-order valence-electron chi connectivity index (χ3n) is 8.82. The summed E-state index contributed by atoms with van der Waals surface area (Å²) in [5, 5.41) is 33.8. The van der Waals surface area contributed by atoms with Gasteiger partial charge in [0.2, 0.25) is 17.7 Å². The summed E-state index contributed by atoms with van der Waals surface area (Å²) in [7, 11) is 0. The highest BCUT2D eigenvalue weighted by Gasteiger charge is 2.31. The Hall–Kier alpha value is -3.18. The molecule has 4 amide bonds. The first-order chi connectivity index (χ1) is 23.2. The molecule has 278 valence electrons. The molecule has 0 saturated heterocycles. The zero-order valence-electron chi connectivity index (χ0n) is 30.6. The van der Waals surface area contributed by atoms with E-state index in [9.17, 15) is 29.4 Å². The van der Waals surface area contributed by atoms with Crippen LogP contribution in [-0.4, -0.2) is 77.0 Å². The minimum absolute atomic E-state index is 0.0531. The highest BCUT2D eigenvalue weighted by molar-refractivity contribution is 5.78. The molecule has 0 radical (unpaired) electrons. The molecule has 11 nitrogen and oxygen atoms in total. The highest BCUT2D eigenvalue weighted by Crippen LogP contribution is 2.28. The van der Waals surface area contributed by atoms with Crippen LogP contribution in [0, 0.1) is 11.8 Å². The van der Waals surface area contributed by atoms with Gasteiger partial charge in [0.25, 0.3) is 0 Å². The van der Waals surface area contributed by atoms with E-state index in [2.05, 4.69) is 35.1 Å². The van der Waals surface area contributed by atoms with Gasteiger partial charge in [0, 0.05) is 19.5 Å². The number of ether oxygens (including phenoxy) is 1. The average molecular weight is 689 g/mol. The first-order valence-corrected chi connectivity index (χ1v) is 18.4. The number of aliphatic hydroxyl groups excluding tert-OH is 2. The SMILES string of the molecule is CC(C)CCNC(=O)CCCCCNC(=O)C[C@H](O)[C@H](CC1CCCCC1)NC(=O)C[C@H](O)[C@H](Cc1ccccc1)NC(=O)OC(C)(C)C. The Morgan fingerprint density at radius 3 is 2.08 bits per heavy atom. The molecule has 0 spiro atoms. The molecule has 0 aliphatic heterocycles. The number of carbonyl (C=O) groups excluding carboxylic acids is 4. The molecule has 1 fully saturated rings. The lowest BCUT2D eigenvalue weighted by molar-refractivity contribution is -0.128. The Labute approximate surface area is 294 Å². The first kappa shape index (κ1) is 42.0. The number of amides is 4. The Balaban J connectivity index is 1.92. The molecule has 1 aromatic rings. The normalized spacial score (nSPS) is 16.2. The number of hydrogen-bond acceptors (Lipinski definition) is 7. The molecule has 0 aromatic heterocycles. The predicted molar refractivity (Wildman–Crippen MR) is 192 cm³/mol. The van der Waals surface area contributed by atoms with Crippen LogP contribution in [0.2, 0.25) is 0 Å². The predicted octanol–water partition coefficient (Wildman–Crippen LogP) is 4.92. The largest absolute Gasteiger partial charge is 0.444 e. The second-order valence-electron chi connectivity index (χ2n) is 15.1. The van der Waals surface area contributed by atoms with Crippen LogP contribution in [-0.2, 0) is 25.5 Å². The monoisotopic (exact) mass is 688 g/mol. The number of unbranched alkanes of at least 4 members (excludes halogenated alkanes) is 2. The average Bonchev–Trinajstić information content (AvgIpc) is 3.02. The molecule has 1 aliphatic carbocycles. The Kier molecular flexibility index (Phi) is 19.3. The van der Waals surface area contributed by atoms with E-state index >= 15 is 0 Å². The van der Waals surface area contributed by atoms with E-state index in [-0.39, 0.29) is 31.1 Å². The zero-order valence-corrected chi connectivity index (χ0v) is 30.6. The van der Waals surface area contributed by atoms with Gasteiger partial charge in [0.1, 0.15) is 5.60 Å². The third-order valence-corrected chi connectivity index (χ3v) is 8.82. The van der Waals surface area contributed by atoms with Crippen molar-refractivity contribution >= 4 is 23.8 Å². The summed E-state index contributed by atoms with van der Waals surface area (Å²) < 4.78 is 5.41. The van der Waals surface area contributed by atoms with Crippen molar-refractivity contribution in [3.63, 3.8) is 0 Å². The van der Waals surface area contributed by atoms with E-state index < -0.39 is 41.9 Å². The summed E-state index contributed by atoms with van der Waals surface area (Å²) in [5.41, 5.74) is 0.144. The molecule has 2 rings (SSSR count). The smallest absolute Gasteiger partial charge is 0.407 e. The van der Waals surface area contributed by atoms with Crippen molar-refractivity contribution in [1.29, 1.82) is 0 Å². The van der Waals surface area contributed by atoms with E-state index in [0.29, 0.717) is 37.8 Å². The highest BCUT2D eigenvalue weighted by atomic mass is 16.6. The van der Waals surface area contributed by atoms with Gasteiger partial charge >= 0.3 is 6.09 Å². The van der Waals surface area contributed by atoms with Crippen molar-refractivity contribution in [2.75, 3.05) is 13.1 Å². The van der Waals surface area contributed by atoms with Crippen molar-refractivity contribution in [3.8, 4) is 0 Å². The molecule has 0 bridgehead atoms. The Morgan fingerprint density at radius 2 is 1.43 bits per heavy atom. The summed E-state index contributed by atoms with van der Waals surface area (Å²) in [4.78, 5) is 50.6. The summed E-state index contributed by atoms with van der Waals surface area (Å²) in [6, 6.07) is 7.91. The Morgan fingerprint density at radius 1 is 0.796 bits per heavy atom. The van der Waals surface area contributed by atoms with E-state index in [1.165, 1.54) is 6.42 Å². The van der Waals surface area contributed by atoms with Crippen LogP contribution in [0.4, 0.5) is 4.79 Å². The van der Waals surface area contributed by atoms with Crippen molar-refractivity contribution in [3.05, 3.63) is 35.9 Å². The summed E-state index contributed by atoms with van der Waals surface area (Å²) in [6.07, 6.45) is 6.41. The fraction of sp³-hybridized carbons (Fsp3) is 0.737.